The molecule has 82 valence electrons. The Kier molecular flexibility index (Phi) is 5.08. The van der Waals surface area contributed by atoms with Crippen molar-refractivity contribution in [2.75, 3.05) is 6.61 Å². The molecule has 0 saturated heterocycles. The third-order valence-electron chi connectivity index (χ3n) is 1.72. The van der Waals surface area contributed by atoms with Gasteiger partial charge in [-0.2, -0.15) is 0 Å². The second-order valence-corrected chi connectivity index (χ2v) is 2.98. The summed E-state index contributed by atoms with van der Waals surface area (Å²) < 4.78 is 9.90. The predicted molar refractivity (Wildman–Crippen MR) is 57.1 cm³/mol. The predicted octanol–water partition coefficient (Wildman–Crippen LogP) is 2.78. The molecule has 4 heteroatoms. The lowest BCUT2D eigenvalue weighted by Gasteiger charge is -2.01. The zero-order valence-corrected chi connectivity index (χ0v) is 8.73. The van der Waals surface area contributed by atoms with E-state index < -0.39 is 6.09 Å². The molecule has 1 rings (SSSR count). The zero-order chi connectivity index (χ0) is 10.9. The maximum absolute atomic E-state index is 11.0. The molecular weight excluding hydrogens is 194 g/mol. The molecule has 0 spiro atoms. The third-order valence-corrected chi connectivity index (χ3v) is 1.72. The van der Waals surface area contributed by atoms with Crippen molar-refractivity contribution in [2.24, 2.45) is 0 Å². The Hall–Kier alpha value is -1.71. The minimum absolute atomic E-state index is 0.439. The van der Waals surface area contributed by atoms with E-state index in [-0.39, 0.29) is 0 Å². The van der Waals surface area contributed by atoms with Crippen LogP contribution in [0.1, 0.15) is 25.5 Å². The van der Waals surface area contributed by atoms with Crippen LogP contribution >= 0.6 is 0 Å². The molecule has 0 saturated carbocycles. The van der Waals surface area contributed by atoms with Gasteiger partial charge < -0.3 is 9.15 Å². The van der Waals surface area contributed by atoms with Gasteiger partial charge >= 0.3 is 6.09 Å². The van der Waals surface area contributed by atoms with Gasteiger partial charge in [-0.1, -0.05) is 13.3 Å². The van der Waals surface area contributed by atoms with Gasteiger partial charge in [-0.05, 0) is 24.6 Å². The van der Waals surface area contributed by atoms with Crippen LogP contribution in [0, 0.1) is 0 Å². The Bertz CT molecular complexity index is 304. The van der Waals surface area contributed by atoms with Gasteiger partial charge in [0.1, 0.15) is 5.76 Å². The van der Waals surface area contributed by atoms with Crippen molar-refractivity contribution >= 4 is 12.2 Å². The minimum atomic E-state index is -0.439. The second kappa shape index (κ2) is 6.70. The summed E-state index contributed by atoms with van der Waals surface area (Å²) in [6, 6.07) is 3.57. The van der Waals surface area contributed by atoms with Crippen LogP contribution in [0.25, 0.3) is 6.08 Å². The van der Waals surface area contributed by atoms with Crippen molar-refractivity contribution in [1.29, 1.82) is 0 Å². The monoisotopic (exact) mass is 209 g/mol. The lowest BCUT2D eigenvalue weighted by Crippen LogP contribution is -2.18. The molecule has 4 nitrogen and oxygen atoms in total. The molecule has 1 amide bonds. The number of ether oxygens (including phenoxy) is 1. The summed E-state index contributed by atoms with van der Waals surface area (Å²) in [5.41, 5.74) is 0. The summed E-state index contributed by atoms with van der Waals surface area (Å²) in [6.45, 7) is 2.50. The smallest absolute Gasteiger partial charge is 0.411 e. The molecule has 0 aliphatic heterocycles. The zero-order valence-electron chi connectivity index (χ0n) is 8.73. The van der Waals surface area contributed by atoms with Crippen molar-refractivity contribution in [3.8, 4) is 0 Å². The number of hydrogen-bond donors (Lipinski definition) is 1. The number of rotatable bonds is 5. The molecule has 0 radical (unpaired) electrons. The number of hydrogen-bond acceptors (Lipinski definition) is 3. The van der Waals surface area contributed by atoms with Crippen LogP contribution < -0.4 is 5.32 Å². The molecule has 0 aliphatic rings. The number of alkyl carbamates (subject to hydrolysis) is 1. The number of amides is 1. The molecule has 0 atom stereocenters. The molecule has 1 N–H and O–H groups in total. The quantitative estimate of drug-likeness (QED) is 0.758. The first-order valence-corrected chi connectivity index (χ1v) is 4.96. The summed E-state index contributed by atoms with van der Waals surface area (Å²) in [5, 5.41) is 2.48. The first kappa shape index (κ1) is 11.4. The van der Waals surface area contributed by atoms with E-state index in [4.69, 9.17) is 9.15 Å². The fraction of sp³-hybridized carbons (Fsp3) is 0.364. The second-order valence-electron chi connectivity index (χ2n) is 2.98. The van der Waals surface area contributed by atoms with Crippen LogP contribution in [0.15, 0.2) is 29.0 Å². The first-order chi connectivity index (χ1) is 7.33. The van der Waals surface area contributed by atoms with E-state index in [2.05, 4.69) is 5.32 Å². The average Bonchev–Trinajstić information content (AvgIpc) is 2.71. The van der Waals surface area contributed by atoms with Gasteiger partial charge in [-0.3, -0.25) is 5.32 Å². The van der Waals surface area contributed by atoms with Crippen molar-refractivity contribution in [1.82, 2.24) is 5.32 Å². The highest BCUT2D eigenvalue weighted by molar-refractivity contribution is 5.69. The summed E-state index contributed by atoms with van der Waals surface area (Å²) in [7, 11) is 0. The van der Waals surface area contributed by atoms with Gasteiger partial charge in [0, 0.05) is 6.20 Å². The Morgan fingerprint density at radius 1 is 1.67 bits per heavy atom. The number of furan rings is 1. The van der Waals surface area contributed by atoms with Gasteiger partial charge in [0.05, 0.1) is 12.9 Å². The van der Waals surface area contributed by atoms with Crippen LogP contribution in [-0.4, -0.2) is 12.7 Å². The average molecular weight is 209 g/mol. The third kappa shape index (κ3) is 4.90. The van der Waals surface area contributed by atoms with Crippen LogP contribution in [0.3, 0.4) is 0 Å². The van der Waals surface area contributed by atoms with E-state index in [0.29, 0.717) is 12.4 Å². The SMILES string of the molecule is CCCCOC(=O)N/C=C/c1ccco1. The minimum Gasteiger partial charge on any atom is -0.465 e. The topological polar surface area (TPSA) is 51.5 Å². The Morgan fingerprint density at radius 3 is 3.20 bits per heavy atom. The lowest BCUT2D eigenvalue weighted by molar-refractivity contribution is 0.148. The highest BCUT2D eigenvalue weighted by Gasteiger charge is 1.96. The van der Waals surface area contributed by atoms with Crippen LogP contribution in [0.5, 0.6) is 0 Å². The van der Waals surface area contributed by atoms with Gasteiger partial charge in [-0.25, -0.2) is 4.79 Å². The van der Waals surface area contributed by atoms with E-state index in [1.807, 2.05) is 6.92 Å². The van der Waals surface area contributed by atoms with E-state index in [1.54, 1.807) is 24.5 Å². The van der Waals surface area contributed by atoms with E-state index in [0.717, 1.165) is 12.8 Å². The molecule has 1 aromatic rings. The van der Waals surface area contributed by atoms with Gasteiger partial charge in [0.25, 0.3) is 0 Å². The number of unbranched alkanes of at least 4 members (excludes halogenated alkanes) is 1. The maximum atomic E-state index is 11.0. The van der Waals surface area contributed by atoms with Gasteiger partial charge in [-0.15, -0.1) is 0 Å². The molecule has 1 aromatic heterocycles. The normalized spacial score (nSPS) is 10.5. The summed E-state index contributed by atoms with van der Waals surface area (Å²) >= 11 is 0. The lowest BCUT2D eigenvalue weighted by atomic mass is 10.4. The molecule has 0 aliphatic carbocycles. The van der Waals surface area contributed by atoms with Crippen molar-refractivity contribution < 1.29 is 13.9 Å². The fourth-order valence-electron chi connectivity index (χ4n) is 0.929. The Balaban J connectivity index is 2.16. The van der Waals surface area contributed by atoms with Crippen molar-refractivity contribution in [2.45, 2.75) is 19.8 Å². The molecule has 0 fully saturated rings. The van der Waals surface area contributed by atoms with E-state index in [9.17, 15) is 4.79 Å². The molecule has 15 heavy (non-hydrogen) atoms. The first-order valence-electron chi connectivity index (χ1n) is 4.96. The van der Waals surface area contributed by atoms with Crippen LogP contribution in [0.4, 0.5) is 4.79 Å². The molecular formula is C11H15NO3. The van der Waals surface area contributed by atoms with Gasteiger partial charge in [0.15, 0.2) is 0 Å². The molecule has 0 aromatic carbocycles. The molecule has 1 heterocycles. The van der Waals surface area contributed by atoms with E-state index >= 15 is 0 Å². The Labute approximate surface area is 88.9 Å². The largest absolute Gasteiger partial charge is 0.465 e. The molecule has 0 bridgehead atoms. The number of carbonyl (C=O) groups excluding carboxylic acids is 1. The number of nitrogens with one attached hydrogen (secondary N) is 1. The highest BCUT2D eigenvalue weighted by atomic mass is 16.5. The maximum Gasteiger partial charge on any atom is 0.411 e. The standard InChI is InChI=1S/C11H15NO3/c1-2-3-8-15-11(13)12-7-6-10-5-4-9-14-10/h4-7,9H,2-3,8H2,1H3,(H,12,13)/b7-6+. The van der Waals surface area contributed by atoms with Crippen LogP contribution in [0.2, 0.25) is 0 Å². The fourth-order valence-corrected chi connectivity index (χ4v) is 0.929. The summed E-state index contributed by atoms with van der Waals surface area (Å²) in [5.74, 6) is 0.684. The molecule has 0 unspecified atom stereocenters. The highest BCUT2D eigenvalue weighted by Crippen LogP contribution is 2.00. The summed E-state index contributed by atoms with van der Waals surface area (Å²) in [6.07, 6.45) is 6.17. The van der Waals surface area contributed by atoms with Crippen molar-refractivity contribution in [3.05, 3.63) is 30.4 Å². The summed E-state index contributed by atoms with van der Waals surface area (Å²) in [4.78, 5) is 11.0. The van der Waals surface area contributed by atoms with Crippen molar-refractivity contribution in [3.63, 3.8) is 0 Å². The van der Waals surface area contributed by atoms with E-state index in [1.165, 1.54) is 6.20 Å². The van der Waals surface area contributed by atoms with Gasteiger partial charge in [0.2, 0.25) is 0 Å². The Morgan fingerprint density at radius 2 is 2.53 bits per heavy atom. The number of carbonyl (C=O) groups is 1. The van der Waals surface area contributed by atoms with Crippen LogP contribution in [-0.2, 0) is 4.74 Å².